The second-order valence-electron chi connectivity index (χ2n) is 8.74. The summed E-state index contributed by atoms with van der Waals surface area (Å²) in [6, 6.07) is 20.7. The largest absolute Gasteiger partial charge is 0.491 e. The lowest BCUT2D eigenvalue weighted by Gasteiger charge is -2.12. The van der Waals surface area contributed by atoms with Crippen LogP contribution in [0, 0.1) is 0 Å². The zero-order valence-electron chi connectivity index (χ0n) is 20.3. The van der Waals surface area contributed by atoms with Crippen LogP contribution in [0.5, 0.6) is 5.75 Å². The van der Waals surface area contributed by atoms with E-state index in [4.69, 9.17) is 21.4 Å². The molecule has 0 aliphatic carbocycles. The van der Waals surface area contributed by atoms with Gasteiger partial charge in [0.25, 0.3) is 5.91 Å². The lowest BCUT2D eigenvalue weighted by Crippen LogP contribution is -2.34. The van der Waals surface area contributed by atoms with Crippen molar-refractivity contribution in [3.63, 3.8) is 0 Å². The second-order valence-corrected chi connectivity index (χ2v) is 9.14. The third-order valence-electron chi connectivity index (χ3n) is 5.68. The Hall–Kier alpha value is -3.71. The van der Waals surface area contributed by atoms with Crippen LogP contribution < -0.4 is 15.4 Å². The Bertz CT molecular complexity index is 1350. The second kappa shape index (κ2) is 10.7. The summed E-state index contributed by atoms with van der Waals surface area (Å²) in [6.45, 7) is 8.26. The van der Waals surface area contributed by atoms with Gasteiger partial charge in [-0.1, -0.05) is 26.0 Å². The number of fused-ring (bicyclic) bond motifs is 1. The first-order valence-electron chi connectivity index (χ1n) is 11.7. The summed E-state index contributed by atoms with van der Waals surface area (Å²) in [5.41, 5.74) is 4.94. The highest BCUT2D eigenvalue weighted by Crippen LogP contribution is 2.28. The average molecular weight is 488 g/mol. The van der Waals surface area contributed by atoms with Gasteiger partial charge in [-0.15, -0.1) is 0 Å². The molecule has 0 unspecified atom stereocenters. The summed E-state index contributed by atoms with van der Waals surface area (Å²) >= 11 is 5.32. The lowest BCUT2D eigenvalue weighted by molar-refractivity contribution is 0.0977. The molecular weight excluding hydrogens is 458 g/mol. The van der Waals surface area contributed by atoms with Crippen LogP contribution >= 0.6 is 12.2 Å². The molecule has 3 aromatic carbocycles. The molecule has 1 heterocycles. The minimum atomic E-state index is -0.309. The van der Waals surface area contributed by atoms with Gasteiger partial charge in [-0.3, -0.25) is 10.1 Å². The van der Waals surface area contributed by atoms with E-state index in [0.29, 0.717) is 23.1 Å². The highest BCUT2D eigenvalue weighted by Gasteiger charge is 2.12. The van der Waals surface area contributed by atoms with Crippen LogP contribution in [-0.4, -0.2) is 22.1 Å². The van der Waals surface area contributed by atoms with E-state index in [-0.39, 0.29) is 17.1 Å². The number of nitrogens with zero attached hydrogens (tertiary/aromatic N) is 1. The number of rotatable bonds is 7. The number of hydrogen-bond acceptors (Lipinski definition) is 5. The Morgan fingerprint density at radius 2 is 1.83 bits per heavy atom. The Morgan fingerprint density at radius 1 is 1.06 bits per heavy atom. The molecule has 180 valence electrons. The van der Waals surface area contributed by atoms with Crippen molar-refractivity contribution in [3.8, 4) is 17.2 Å². The van der Waals surface area contributed by atoms with Crippen LogP contribution in [0.2, 0.25) is 0 Å². The van der Waals surface area contributed by atoms with Crippen molar-refractivity contribution in [3.05, 3.63) is 77.9 Å². The zero-order valence-corrected chi connectivity index (χ0v) is 21.1. The van der Waals surface area contributed by atoms with Crippen LogP contribution in [0.25, 0.3) is 22.6 Å². The van der Waals surface area contributed by atoms with Crippen molar-refractivity contribution in [2.24, 2.45) is 0 Å². The maximum atomic E-state index is 12.6. The van der Waals surface area contributed by atoms with Gasteiger partial charge < -0.3 is 14.5 Å². The van der Waals surface area contributed by atoms with Gasteiger partial charge in [0.05, 0.1) is 6.10 Å². The summed E-state index contributed by atoms with van der Waals surface area (Å²) < 4.78 is 11.6. The molecule has 4 aromatic rings. The Morgan fingerprint density at radius 3 is 2.54 bits per heavy atom. The van der Waals surface area contributed by atoms with Gasteiger partial charge in [0.1, 0.15) is 11.3 Å². The number of oxazole rings is 1. The zero-order chi connectivity index (χ0) is 24.9. The number of amides is 1. The van der Waals surface area contributed by atoms with Crippen LogP contribution in [-0.2, 0) is 0 Å². The molecular formula is C28H29N3O3S. The van der Waals surface area contributed by atoms with Gasteiger partial charge in [0, 0.05) is 16.8 Å². The molecule has 2 N–H and O–H groups in total. The van der Waals surface area contributed by atoms with Crippen LogP contribution in [0.1, 0.15) is 56.0 Å². The molecule has 0 spiro atoms. The quantitative estimate of drug-likeness (QED) is 0.276. The molecule has 1 amide bonds. The van der Waals surface area contributed by atoms with Crippen molar-refractivity contribution < 1.29 is 13.9 Å². The SMILES string of the molecule is CC[C@@H](C)c1ccc2oc(-c3ccc(NC(=S)NC(=O)c4cccc(OC(C)C)c4)cc3)nc2c1. The predicted molar refractivity (Wildman–Crippen MR) is 144 cm³/mol. The highest BCUT2D eigenvalue weighted by molar-refractivity contribution is 7.80. The topological polar surface area (TPSA) is 76.4 Å². The molecule has 0 fully saturated rings. The molecule has 1 aromatic heterocycles. The van der Waals surface area contributed by atoms with E-state index in [9.17, 15) is 4.79 Å². The minimum absolute atomic E-state index is 0.0241. The van der Waals surface area contributed by atoms with Crippen molar-refractivity contribution >= 4 is 40.0 Å². The van der Waals surface area contributed by atoms with E-state index in [1.54, 1.807) is 18.2 Å². The lowest BCUT2D eigenvalue weighted by atomic mass is 9.98. The molecule has 0 saturated carbocycles. The number of ether oxygens (including phenoxy) is 1. The van der Waals surface area contributed by atoms with Gasteiger partial charge in [-0.2, -0.15) is 0 Å². The first-order valence-corrected chi connectivity index (χ1v) is 12.1. The maximum Gasteiger partial charge on any atom is 0.257 e. The monoisotopic (exact) mass is 487 g/mol. The highest BCUT2D eigenvalue weighted by atomic mass is 32.1. The molecule has 7 heteroatoms. The Balaban J connectivity index is 1.40. The summed E-state index contributed by atoms with van der Waals surface area (Å²) in [5.74, 6) is 1.37. The van der Waals surface area contributed by atoms with Gasteiger partial charge >= 0.3 is 0 Å². The van der Waals surface area contributed by atoms with Crippen molar-refractivity contribution in [1.29, 1.82) is 0 Å². The van der Waals surface area contributed by atoms with Gasteiger partial charge in [-0.25, -0.2) is 4.98 Å². The fraction of sp³-hybridized carbons (Fsp3) is 0.250. The average Bonchev–Trinajstić information content (AvgIpc) is 3.27. The Labute approximate surface area is 210 Å². The molecule has 0 aliphatic rings. The molecule has 6 nitrogen and oxygen atoms in total. The summed E-state index contributed by atoms with van der Waals surface area (Å²) in [6.07, 6.45) is 1.10. The summed E-state index contributed by atoms with van der Waals surface area (Å²) in [4.78, 5) is 17.2. The molecule has 0 saturated heterocycles. The van der Waals surface area contributed by atoms with Crippen LogP contribution in [0.4, 0.5) is 5.69 Å². The maximum absolute atomic E-state index is 12.6. The molecule has 0 bridgehead atoms. The normalized spacial score (nSPS) is 11.9. The van der Waals surface area contributed by atoms with E-state index >= 15 is 0 Å². The fourth-order valence-corrected chi connectivity index (χ4v) is 3.84. The number of carbonyl (C=O) groups excluding carboxylic acids is 1. The van der Waals surface area contributed by atoms with Crippen molar-refractivity contribution in [1.82, 2.24) is 10.3 Å². The molecule has 0 aliphatic heterocycles. The number of carbonyl (C=O) groups is 1. The standard InChI is InChI=1S/C28H29N3O3S/c1-5-18(4)20-11-14-25-24(16-20)30-27(34-25)19-9-12-22(13-10-19)29-28(35)31-26(32)21-7-6-8-23(15-21)33-17(2)3/h6-18H,5H2,1-4H3,(H2,29,31,32,35)/t18-/m1/s1. The number of aromatic nitrogens is 1. The minimum Gasteiger partial charge on any atom is -0.491 e. The first-order chi connectivity index (χ1) is 16.8. The van der Waals surface area contributed by atoms with E-state index in [1.165, 1.54) is 5.56 Å². The number of hydrogen-bond donors (Lipinski definition) is 2. The molecule has 1 atom stereocenters. The van der Waals surface area contributed by atoms with Gasteiger partial charge in [-0.05, 0) is 98.6 Å². The number of thiocarbonyl (C=S) groups is 1. The van der Waals surface area contributed by atoms with Crippen LogP contribution in [0.15, 0.2) is 71.1 Å². The van der Waals surface area contributed by atoms with E-state index < -0.39 is 0 Å². The fourth-order valence-electron chi connectivity index (χ4n) is 3.63. The van der Waals surface area contributed by atoms with Crippen molar-refractivity contribution in [2.75, 3.05) is 5.32 Å². The third kappa shape index (κ3) is 6.05. The van der Waals surface area contributed by atoms with E-state index in [2.05, 4.69) is 41.6 Å². The summed E-state index contributed by atoms with van der Waals surface area (Å²) in [7, 11) is 0. The molecule has 0 radical (unpaired) electrons. The predicted octanol–water partition coefficient (Wildman–Crippen LogP) is 6.92. The van der Waals surface area contributed by atoms with Gasteiger partial charge in [0.15, 0.2) is 10.7 Å². The van der Waals surface area contributed by atoms with Crippen molar-refractivity contribution in [2.45, 2.75) is 46.1 Å². The first kappa shape index (κ1) is 24.4. The Kier molecular flexibility index (Phi) is 7.46. The number of benzene rings is 3. The number of anilines is 1. The summed E-state index contributed by atoms with van der Waals surface area (Å²) in [5, 5.41) is 5.95. The number of nitrogens with one attached hydrogen (secondary N) is 2. The molecule has 4 rings (SSSR count). The van der Waals surface area contributed by atoms with E-state index in [1.807, 2.05) is 50.2 Å². The van der Waals surface area contributed by atoms with E-state index in [0.717, 1.165) is 28.8 Å². The van der Waals surface area contributed by atoms with Gasteiger partial charge in [0.2, 0.25) is 5.89 Å². The molecule has 35 heavy (non-hydrogen) atoms. The smallest absolute Gasteiger partial charge is 0.257 e. The third-order valence-corrected chi connectivity index (χ3v) is 5.88. The van der Waals surface area contributed by atoms with Crippen LogP contribution in [0.3, 0.4) is 0 Å².